The van der Waals surface area contributed by atoms with Crippen molar-refractivity contribution in [1.82, 2.24) is 10.3 Å². The Hall–Kier alpha value is -2.55. The van der Waals surface area contributed by atoms with Gasteiger partial charge in [-0.2, -0.15) is 13.2 Å². The number of carbonyl (C=O) groups is 1. The molecule has 0 bridgehead atoms. The molecule has 136 valence electrons. The SMILES string of the molecule is O=C(O)C(F)(F)F.O=c1ccc2c([nH]1)CCC(NCc1ccco1)C2. The Morgan fingerprint density at radius 2 is 2.08 bits per heavy atom. The third-order valence-corrected chi connectivity index (χ3v) is 3.69. The van der Waals surface area contributed by atoms with E-state index in [1.165, 1.54) is 5.56 Å². The van der Waals surface area contributed by atoms with Crippen LogP contribution in [0.1, 0.15) is 23.4 Å². The van der Waals surface area contributed by atoms with Gasteiger partial charge in [0.05, 0.1) is 12.8 Å². The summed E-state index contributed by atoms with van der Waals surface area (Å²) >= 11 is 0. The zero-order valence-corrected chi connectivity index (χ0v) is 13.1. The van der Waals surface area contributed by atoms with Crippen LogP contribution < -0.4 is 10.9 Å². The number of carboxylic acid groups (broad SMARTS) is 1. The molecule has 0 radical (unpaired) electrons. The summed E-state index contributed by atoms with van der Waals surface area (Å²) in [5.41, 5.74) is 2.34. The quantitative estimate of drug-likeness (QED) is 0.782. The number of halogens is 3. The van der Waals surface area contributed by atoms with Crippen molar-refractivity contribution in [2.24, 2.45) is 0 Å². The largest absolute Gasteiger partial charge is 0.490 e. The predicted octanol–water partition coefficient (Wildman–Crippen LogP) is 2.25. The number of aromatic nitrogens is 1. The van der Waals surface area contributed by atoms with E-state index in [4.69, 9.17) is 14.3 Å². The van der Waals surface area contributed by atoms with Crippen LogP contribution in [0.25, 0.3) is 0 Å². The summed E-state index contributed by atoms with van der Waals surface area (Å²) < 4.78 is 37.0. The van der Waals surface area contributed by atoms with Crippen molar-refractivity contribution in [3.05, 3.63) is 57.9 Å². The number of nitrogens with one attached hydrogen (secondary N) is 2. The van der Waals surface area contributed by atoms with E-state index in [2.05, 4.69) is 10.3 Å². The highest BCUT2D eigenvalue weighted by atomic mass is 19.4. The van der Waals surface area contributed by atoms with Gasteiger partial charge in [0.25, 0.3) is 0 Å². The molecular weight excluding hydrogens is 341 g/mol. The minimum absolute atomic E-state index is 0.00394. The Bertz CT molecular complexity index is 753. The zero-order valence-electron chi connectivity index (χ0n) is 13.1. The fourth-order valence-electron chi connectivity index (χ4n) is 2.48. The Morgan fingerprint density at radius 1 is 1.36 bits per heavy atom. The van der Waals surface area contributed by atoms with Gasteiger partial charge in [0.2, 0.25) is 5.56 Å². The molecule has 0 saturated carbocycles. The second kappa shape index (κ2) is 8.02. The molecule has 1 aliphatic rings. The predicted molar refractivity (Wildman–Crippen MR) is 82.1 cm³/mol. The van der Waals surface area contributed by atoms with Crippen molar-refractivity contribution >= 4 is 5.97 Å². The summed E-state index contributed by atoms with van der Waals surface area (Å²) in [6.07, 6.45) is -0.445. The monoisotopic (exact) mass is 358 g/mol. The highest BCUT2D eigenvalue weighted by Gasteiger charge is 2.38. The van der Waals surface area contributed by atoms with Crippen LogP contribution in [0.5, 0.6) is 0 Å². The van der Waals surface area contributed by atoms with Crippen molar-refractivity contribution in [2.45, 2.75) is 38.0 Å². The molecule has 2 aromatic heterocycles. The molecule has 25 heavy (non-hydrogen) atoms. The van der Waals surface area contributed by atoms with Crippen molar-refractivity contribution < 1.29 is 27.5 Å². The summed E-state index contributed by atoms with van der Waals surface area (Å²) in [5, 5.41) is 10.6. The van der Waals surface area contributed by atoms with Crippen molar-refractivity contribution in [3.8, 4) is 0 Å². The van der Waals surface area contributed by atoms with Gasteiger partial charge < -0.3 is 19.8 Å². The number of aliphatic carboxylic acids is 1. The lowest BCUT2D eigenvalue weighted by Crippen LogP contribution is -2.35. The van der Waals surface area contributed by atoms with Gasteiger partial charge in [0, 0.05) is 17.8 Å². The molecule has 9 heteroatoms. The van der Waals surface area contributed by atoms with E-state index < -0.39 is 12.1 Å². The fourth-order valence-corrected chi connectivity index (χ4v) is 2.48. The number of fused-ring (bicyclic) bond motifs is 1. The lowest BCUT2D eigenvalue weighted by molar-refractivity contribution is -0.192. The van der Waals surface area contributed by atoms with E-state index >= 15 is 0 Å². The van der Waals surface area contributed by atoms with Gasteiger partial charge >= 0.3 is 12.1 Å². The summed E-state index contributed by atoms with van der Waals surface area (Å²) in [6.45, 7) is 0.760. The summed E-state index contributed by atoms with van der Waals surface area (Å²) in [7, 11) is 0. The number of alkyl halides is 3. The first-order valence-electron chi connectivity index (χ1n) is 7.52. The maximum Gasteiger partial charge on any atom is 0.490 e. The molecule has 0 aliphatic heterocycles. The minimum atomic E-state index is -5.08. The van der Waals surface area contributed by atoms with E-state index in [-0.39, 0.29) is 5.56 Å². The van der Waals surface area contributed by atoms with Gasteiger partial charge in [0.1, 0.15) is 5.76 Å². The first-order chi connectivity index (χ1) is 11.8. The molecule has 2 aromatic rings. The standard InChI is InChI=1S/C14H16N2O2.C2HF3O2/c17-14-6-3-10-8-11(4-5-13(10)16-14)15-9-12-2-1-7-18-12;3-2(4,5)1(6)7/h1-3,6-7,11,15H,4-5,8-9H2,(H,16,17);(H,6,7). The first-order valence-corrected chi connectivity index (χ1v) is 7.52. The number of H-pyrrole nitrogens is 1. The van der Waals surface area contributed by atoms with E-state index in [1.807, 2.05) is 18.2 Å². The second-order valence-corrected chi connectivity index (χ2v) is 5.53. The van der Waals surface area contributed by atoms with Crippen LogP contribution in [0, 0.1) is 0 Å². The zero-order chi connectivity index (χ0) is 18.4. The third-order valence-electron chi connectivity index (χ3n) is 3.69. The van der Waals surface area contributed by atoms with E-state index in [0.717, 1.165) is 37.3 Å². The maximum atomic E-state index is 11.2. The Labute approximate surface area is 140 Å². The first kappa shape index (κ1) is 18.8. The van der Waals surface area contributed by atoms with E-state index in [1.54, 1.807) is 12.3 Å². The van der Waals surface area contributed by atoms with Crippen LogP contribution in [0.2, 0.25) is 0 Å². The number of hydrogen-bond donors (Lipinski definition) is 3. The summed E-state index contributed by atoms with van der Waals surface area (Å²) in [5.74, 6) is -1.80. The average Bonchev–Trinajstić information content (AvgIpc) is 3.06. The van der Waals surface area contributed by atoms with Crippen LogP contribution in [0.4, 0.5) is 13.2 Å². The topological polar surface area (TPSA) is 95.3 Å². The van der Waals surface area contributed by atoms with Gasteiger partial charge in [-0.1, -0.05) is 6.07 Å². The number of rotatable bonds is 3. The number of aryl methyl sites for hydroxylation is 1. The lowest BCUT2D eigenvalue weighted by atomic mass is 9.92. The number of furan rings is 1. The molecular formula is C16H17F3N2O4. The van der Waals surface area contributed by atoms with E-state index in [0.29, 0.717) is 6.04 Å². The Morgan fingerprint density at radius 3 is 2.68 bits per heavy atom. The molecule has 1 atom stereocenters. The molecule has 0 aromatic carbocycles. The molecule has 1 aliphatic carbocycles. The average molecular weight is 358 g/mol. The van der Waals surface area contributed by atoms with Crippen molar-refractivity contribution in [2.75, 3.05) is 0 Å². The van der Waals surface area contributed by atoms with Crippen LogP contribution in [0.3, 0.4) is 0 Å². The molecule has 1 unspecified atom stereocenters. The van der Waals surface area contributed by atoms with Gasteiger partial charge in [-0.15, -0.1) is 0 Å². The smallest absolute Gasteiger partial charge is 0.475 e. The minimum Gasteiger partial charge on any atom is -0.475 e. The molecule has 6 nitrogen and oxygen atoms in total. The highest BCUT2D eigenvalue weighted by Crippen LogP contribution is 2.18. The molecule has 0 fully saturated rings. The van der Waals surface area contributed by atoms with E-state index in [9.17, 15) is 18.0 Å². The molecule has 0 spiro atoms. The third kappa shape index (κ3) is 5.79. The molecule has 3 N–H and O–H groups in total. The van der Waals surface area contributed by atoms with Crippen LogP contribution in [-0.2, 0) is 24.2 Å². The molecule has 3 rings (SSSR count). The highest BCUT2D eigenvalue weighted by molar-refractivity contribution is 5.73. The van der Waals surface area contributed by atoms with Gasteiger partial charge in [-0.25, -0.2) is 4.79 Å². The Kier molecular flexibility index (Phi) is 6.02. The van der Waals surface area contributed by atoms with Gasteiger partial charge in [-0.05, 0) is 37.0 Å². The molecule has 0 saturated heterocycles. The molecule has 2 heterocycles. The number of carboxylic acids is 1. The number of pyridine rings is 1. The molecule has 0 amide bonds. The maximum absolute atomic E-state index is 11.2. The van der Waals surface area contributed by atoms with Crippen LogP contribution >= 0.6 is 0 Å². The number of hydrogen-bond acceptors (Lipinski definition) is 4. The van der Waals surface area contributed by atoms with Crippen molar-refractivity contribution in [3.63, 3.8) is 0 Å². The fraction of sp³-hybridized carbons (Fsp3) is 0.375. The van der Waals surface area contributed by atoms with Crippen molar-refractivity contribution in [1.29, 1.82) is 0 Å². The summed E-state index contributed by atoms with van der Waals surface area (Å²) in [4.78, 5) is 23.0. The van der Waals surface area contributed by atoms with Gasteiger partial charge in [-0.3, -0.25) is 4.79 Å². The van der Waals surface area contributed by atoms with Crippen LogP contribution in [0.15, 0.2) is 39.7 Å². The second-order valence-electron chi connectivity index (χ2n) is 5.53. The normalized spacial score (nSPS) is 16.5. The lowest BCUT2D eigenvalue weighted by Gasteiger charge is -2.24. The Balaban J connectivity index is 0.000000277. The van der Waals surface area contributed by atoms with Crippen LogP contribution in [-0.4, -0.2) is 28.3 Å². The summed E-state index contributed by atoms with van der Waals surface area (Å²) in [6, 6.07) is 7.87. The van der Waals surface area contributed by atoms with Gasteiger partial charge in [0.15, 0.2) is 0 Å². The number of aromatic amines is 1.